The molecule has 0 bridgehead atoms. The second-order valence-corrected chi connectivity index (χ2v) is 8.59. The molecule has 2 aliphatic rings. The molecule has 3 nitrogen and oxygen atoms in total. The van der Waals surface area contributed by atoms with Gasteiger partial charge >= 0.3 is 0 Å². The predicted molar refractivity (Wildman–Crippen MR) is 116 cm³/mol. The summed E-state index contributed by atoms with van der Waals surface area (Å²) in [5.41, 5.74) is 2.83. The number of hydrogen-bond donors (Lipinski definition) is 1. The third-order valence-corrected chi connectivity index (χ3v) is 6.75. The summed E-state index contributed by atoms with van der Waals surface area (Å²) < 4.78 is 0. The van der Waals surface area contributed by atoms with Crippen LogP contribution in [0.25, 0.3) is 0 Å². The molecule has 28 heavy (non-hydrogen) atoms. The average Bonchev–Trinajstić information content (AvgIpc) is 2.79. The van der Waals surface area contributed by atoms with Crippen LogP contribution in [0.15, 0.2) is 60.7 Å². The zero-order valence-corrected chi connectivity index (χ0v) is 16.9. The van der Waals surface area contributed by atoms with E-state index in [0.29, 0.717) is 24.5 Å². The predicted octanol–water partition coefficient (Wildman–Crippen LogP) is 3.99. The molecule has 3 heteroatoms. The van der Waals surface area contributed by atoms with Crippen LogP contribution in [0.3, 0.4) is 0 Å². The Bertz CT molecular complexity index is 658. The smallest absolute Gasteiger partial charge is 0.0460 e. The highest BCUT2D eigenvalue weighted by atomic mass is 16.3. The van der Waals surface area contributed by atoms with Crippen LogP contribution < -0.4 is 0 Å². The summed E-state index contributed by atoms with van der Waals surface area (Å²) in [6.07, 6.45) is 4.93. The van der Waals surface area contributed by atoms with Gasteiger partial charge in [-0.25, -0.2) is 0 Å². The first kappa shape index (κ1) is 19.6. The minimum Gasteiger partial charge on any atom is -0.396 e. The minimum absolute atomic E-state index is 0.362. The summed E-state index contributed by atoms with van der Waals surface area (Å²) in [6, 6.07) is 22.7. The summed E-state index contributed by atoms with van der Waals surface area (Å²) in [4.78, 5) is 5.38. The summed E-state index contributed by atoms with van der Waals surface area (Å²) in [7, 11) is 0. The van der Waals surface area contributed by atoms with Crippen LogP contribution >= 0.6 is 0 Å². The molecule has 1 N–H and O–H groups in total. The number of benzene rings is 2. The molecule has 4 rings (SSSR count). The number of aliphatic hydroxyl groups is 1. The SMILES string of the molecule is OCC1CCN(C2CCCN(CC(c3ccccc3)c3ccccc3)C2)CC1. The second kappa shape index (κ2) is 9.69. The van der Waals surface area contributed by atoms with Crippen molar-refractivity contribution in [3.05, 3.63) is 71.8 Å². The number of rotatable bonds is 6. The molecule has 2 saturated heterocycles. The van der Waals surface area contributed by atoms with Crippen LogP contribution in [-0.2, 0) is 0 Å². The van der Waals surface area contributed by atoms with Crippen LogP contribution in [0, 0.1) is 5.92 Å². The Morgan fingerprint density at radius 1 is 0.821 bits per heavy atom. The molecule has 0 saturated carbocycles. The van der Waals surface area contributed by atoms with Crippen molar-refractivity contribution in [2.45, 2.75) is 37.6 Å². The van der Waals surface area contributed by atoms with Gasteiger partial charge in [-0.1, -0.05) is 60.7 Å². The highest BCUT2D eigenvalue weighted by molar-refractivity contribution is 5.32. The van der Waals surface area contributed by atoms with Crippen LogP contribution in [0.2, 0.25) is 0 Å². The Balaban J connectivity index is 1.43. The van der Waals surface area contributed by atoms with Crippen molar-refractivity contribution < 1.29 is 5.11 Å². The maximum atomic E-state index is 9.42. The molecule has 1 atom stereocenters. The molecule has 150 valence electrons. The van der Waals surface area contributed by atoms with Crippen molar-refractivity contribution in [2.24, 2.45) is 5.92 Å². The normalized spacial score (nSPS) is 22.6. The highest BCUT2D eigenvalue weighted by Crippen LogP contribution is 2.28. The van der Waals surface area contributed by atoms with Crippen molar-refractivity contribution >= 4 is 0 Å². The van der Waals surface area contributed by atoms with E-state index in [2.05, 4.69) is 70.5 Å². The van der Waals surface area contributed by atoms with E-state index in [1.54, 1.807) is 0 Å². The standard InChI is InChI=1S/C25H34N2O/c28-20-21-13-16-27(17-14-21)24-12-7-15-26(18-24)19-25(22-8-3-1-4-9-22)23-10-5-2-6-11-23/h1-6,8-11,21,24-25,28H,7,12-20H2. The van der Waals surface area contributed by atoms with Crippen LogP contribution in [-0.4, -0.2) is 60.3 Å². The number of piperidine rings is 2. The monoisotopic (exact) mass is 378 g/mol. The Morgan fingerprint density at radius 2 is 1.43 bits per heavy atom. The molecule has 0 amide bonds. The first-order valence-corrected chi connectivity index (χ1v) is 11.0. The molecule has 0 aromatic heterocycles. The molecule has 0 spiro atoms. The summed E-state index contributed by atoms with van der Waals surface area (Å²) >= 11 is 0. The molecule has 2 aliphatic heterocycles. The quantitative estimate of drug-likeness (QED) is 0.823. The zero-order chi connectivity index (χ0) is 19.2. The Kier molecular flexibility index (Phi) is 6.79. The number of aliphatic hydroxyl groups excluding tert-OH is 1. The molecule has 2 heterocycles. The maximum Gasteiger partial charge on any atom is 0.0460 e. The topological polar surface area (TPSA) is 26.7 Å². The molecular weight excluding hydrogens is 344 g/mol. The summed E-state index contributed by atoms with van der Waals surface area (Å²) in [6.45, 7) is 6.16. The van der Waals surface area contributed by atoms with Crippen molar-refractivity contribution in [1.82, 2.24) is 9.80 Å². The van der Waals surface area contributed by atoms with Crippen molar-refractivity contribution in [2.75, 3.05) is 39.3 Å². The molecule has 2 aromatic rings. The minimum atomic E-state index is 0.362. The van der Waals surface area contributed by atoms with E-state index in [1.807, 2.05) is 0 Å². The van der Waals surface area contributed by atoms with E-state index in [9.17, 15) is 5.11 Å². The fourth-order valence-electron chi connectivity index (χ4n) is 5.03. The lowest BCUT2D eigenvalue weighted by Gasteiger charge is -2.43. The fraction of sp³-hybridized carbons (Fsp3) is 0.520. The largest absolute Gasteiger partial charge is 0.396 e. The van der Waals surface area contributed by atoms with Gasteiger partial charge in [0.15, 0.2) is 0 Å². The maximum absolute atomic E-state index is 9.42. The number of likely N-dealkylation sites (tertiary alicyclic amines) is 2. The Morgan fingerprint density at radius 3 is 2.00 bits per heavy atom. The van der Waals surface area contributed by atoms with Gasteiger partial charge in [-0.2, -0.15) is 0 Å². The third kappa shape index (κ3) is 4.83. The number of hydrogen-bond acceptors (Lipinski definition) is 3. The van der Waals surface area contributed by atoms with Gasteiger partial charge in [0.05, 0.1) is 0 Å². The van der Waals surface area contributed by atoms with Crippen molar-refractivity contribution in [3.8, 4) is 0 Å². The molecular formula is C25H34N2O. The lowest BCUT2D eigenvalue weighted by Crippen LogP contribution is -2.51. The van der Waals surface area contributed by atoms with E-state index in [-0.39, 0.29) is 0 Å². The van der Waals surface area contributed by atoms with E-state index >= 15 is 0 Å². The summed E-state index contributed by atoms with van der Waals surface area (Å²) in [5, 5.41) is 9.42. The number of nitrogens with zero attached hydrogens (tertiary/aromatic N) is 2. The van der Waals surface area contributed by atoms with E-state index in [4.69, 9.17) is 0 Å². The van der Waals surface area contributed by atoms with Gasteiger partial charge in [-0.3, -0.25) is 4.90 Å². The van der Waals surface area contributed by atoms with Gasteiger partial charge in [-0.15, -0.1) is 0 Å². The van der Waals surface area contributed by atoms with Gasteiger partial charge in [0, 0.05) is 31.7 Å². The van der Waals surface area contributed by atoms with Crippen LogP contribution in [0.5, 0.6) is 0 Å². The Labute approximate surface area is 170 Å². The van der Waals surface area contributed by atoms with Gasteiger partial charge in [0.2, 0.25) is 0 Å². The van der Waals surface area contributed by atoms with Crippen LogP contribution in [0.1, 0.15) is 42.7 Å². The Hall–Kier alpha value is -1.68. The summed E-state index contributed by atoms with van der Waals surface area (Å²) in [5.74, 6) is 0.956. The molecule has 0 aliphatic carbocycles. The van der Waals surface area contributed by atoms with E-state index < -0.39 is 0 Å². The van der Waals surface area contributed by atoms with Gasteiger partial charge in [0.1, 0.15) is 0 Å². The first-order valence-electron chi connectivity index (χ1n) is 11.0. The molecule has 1 unspecified atom stereocenters. The van der Waals surface area contributed by atoms with Gasteiger partial charge in [-0.05, 0) is 62.4 Å². The zero-order valence-electron chi connectivity index (χ0n) is 16.9. The van der Waals surface area contributed by atoms with Crippen LogP contribution in [0.4, 0.5) is 0 Å². The second-order valence-electron chi connectivity index (χ2n) is 8.59. The van der Waals surface area contributed by atoms with Crippen molar-refractivity contribution in [1.29, 1.82) is 0 Å². The van der Waals surface area contributed by atoms with Crippen molar-refractivity contribution in [3.63, 3.8) is 0 Å². The first-order chi connectivity index (χ1) is 13.8. The van der Waals surface area contributed by atoms with E-state index in [0.717, 1.165) is 32.5 Å². The lowest BCUT2D eigenvalue weighted by atomic mass is 9.89. The molecule has 0 radical (unpaired) electrons. The lowest BCUT2D eigenvalue weighted by molar-refractivity contribution is 0.0558. The molecule has 2 fully saturated rings. The van der Waals surface area contributed by atoms with E-state index in [1.165, 1.54) is 37.1 Å². The third-order valence-electron chi connectivity index (χ3n) is 6.75. The average molecular weight is 379 g/mol. The van der Waals surface area contributed by atoms with Gasteiger partial charge < -0.3 is 10.0 Å². The molecule has 2 aromatic carbocycles. The van der Waals surface area contributed by atoms with Gasteiger partial charge in [0.25, 0.3) is 0 Å². The fourth-order valence-corrected chi connectivity index (χ4v) is 5.03. The highest BCUT2D eigenvalue weighted by Gasteiger charge is 2.29.